The van der Waals surface area contributed by atoms with Crippen molar-refractivity contribution < 1.29 is 17.9 Å². The molecule has 0 radical (unpaired) electrons. The molecule has 0 saturated carbocycles. The summed E-state index contributed by atoms with van der Waals surface area (Å²) >= 11 is 0. The SMILES string of the molecule is FC(F)(F)c1ccc2nc(CC3CCCCO3)[nH]c2c1. The largest absolute Gasteiger partial charge is 0.416 e. The van der Waals surface area contributed by atoms with Crippen LogP contribution in [0.1, 0.15) is 30.7 Å². The van der Waals surface area contributed by atoms with Gasteiger partial charge in [-0.05, 0) is 37.5 Å². The molecule has 0 amide bonds. The molecule has 0 spiro atoms. The molecule has 20 heavy (non-hydrogen) atoms. The number of aromatic nitrogens is 2. The van der Waals surface area contributed by atoms with Crippen molar-refractivity contribution in [1.29, 1.82) is 0 Å². The Bertz CT molecular complexity index is 600. The molecule has 3 rings (SSSR count). The number of fused-ring (bicyclic) bond motifs is 1. The molecule has 1 aliphatic heterocycles. The second-order valence-electron chi connectivity index (χ2n) is 5.11. The van der Waals surface area contributed by atoms with Crippen LogP contribution in [0.15, 0.2) is 18.2 Å². The fraction of sp³-hybridized carbons (Fsp3) is 0.500. The summed E-state index contributed by atoms with van der Waals surface area (Å²) in [7, 11) is 0. The molecule has 1 unspecified atom stereocenters. The van der Waals surface area contributed by atoms with Crippen molar-refractivity contribution in [2.24, 2.45) is 0 Å². The smallest absolute Gasteiger partial charge is 0.378 e. The fourth-order valence-electron chi connectivity index (χ4n) is 2.52. The molecule has 1 aromatic heterocycles. The van der Waals surface area contributed by atoms with Crippen LogP contribution in [0.4, 0.5) is 13.2 Å². The Morgan fingerprint density at radius 2 is 2.15 bits per heavy atom. The number of halogens is 3. The summed E-state index contributed by atoms with van der Waals surface area (Å²) in [5, 5.41) is 0. The van der Waals surface area contributed by atoms with E-state index in [1.165, 1.54) is 6.07 Å². The van der Waals surface area contributed by atoms with Crippen molar-refractivity contribution in [3.8, 4) is 0 Å². The summed E-state index contributed by atoms with van der Waals surface area (Å²) in [4.78, 5) is 7.29. The highest BCUT2D eigenvalue weighted by molar-refractivity contribution is 5.76. The maximum atomic E-state index is 12.6. The van der Waals surface area contributed by atoms with Crippen LogP contribution >= 0.6 is 0 Å². The summed E-state index contributed by atoms with van der Waals surface area (Å²) < 4.78 is 43.5. The first kappa shape index (κ1) is 13.4. The molecule has 1 N–H and O–H groups in total. The van der Waals surface area contributed by atoms with Gasteiger partial charge >= 0.3 is 6.18 Å². The van der Waals surface area contributed by atoms with E-state index in [9.17, 15) is 13.2 Å². The second kappa shape index (κ2) is 5.09. The average molecular weight is 284 g/mol. The number of H-pyrrole nitrogens is 1. The van der Waals surface area contributed by atoms with Crippen LogP contribution in [0.25, 0.3) is 11.0 Å². The molecule has 1 atom stereocenters. The molecule has 1 fully saturated rings. The van der Waals surface area contributed by atoms with Crippen LogP contribution < -0.4 is 0 Å². The third kappa shape index (κ3) is 2.80. The lowest BCUT2D eigenvalue weighted by Gasteiger charge is -2.21. The molecule has 3 nitrogen and oxygen atoms in total. The zero-order valence-corrected chi connectivity index (χ0v) is 10.8. The molecule has 2 heterocycles. The highest BCUT2D eigenvalue weighted by Crippen LogP contribution is 2.31. The summed E-state index contributed by atoms with van der Waals surface area (Å²) in [6.45, 7) is 0.753. The topological polar surface area (TPSA) is 37.9 Å². The van der Waals surface area contributed by atoms with Gasteiger partial charge in [0.1, 0.15) is 5.82 Å². The predicted octanol–water partition coefficient (Wildman–Crippen LogP) is 3.69. The van der Waals surface area contributed by atoms with Gasteiger partial charge < -0.3 is 9.72 Å². The Balaban J connectivity index is 1.83. The number of aromatic amines is 1. The Morgan fingerprint density at radius 3 is 2.85 bits per heavy atom. The van der Waals surface area contributed by atoms with E-state index < -0.39 is 11.7 Å². The van der Waals surface area contributed by atoms with E-state index >= 15 is 0 Å². The molecular weight excluding hydrogens is 269 g/mol. The first-order chi connectivity index (χ1) is 9.52. The van der Waals surface area contributed by atoms with Crippen LogP contribution in [0.3, 0.4) is 0 Å². The van der Waals surface area contributed by atoms with Gasteiger partial charge in [0.15, 0.2) is 0 Å². The van der Waals surface area contributed by atoms with E-state index in [-0.39, 0.29) is 6.10 Å². The van der Waals surface area contributed by atoms with Gasteiger partial charge in [-0.25, -0.2) is 4.98 Å². The van der Waals surface area contributed by atoms with E-state index in [1.54, 1.807) is 0 Å². The van der Waals surface area contributed by atoms with Gasteiger partial charge in [0.2, 0.25) is 0 Å². The third-order valence-electron chi connectivity index (χ3n) is 3.55. The van der Waals surface area contributed by atoms with E-state index in [0.717, 1.165) is 38.0 Å². The van der Waals surface area contributed by atoms with Crippen molar-refractivity contribution in [2.45, 2.75) is 38.0 Å². The lowest BCUT2D eigenvalue weighted by Crippen LogP contribution is -2.21. The number of hydrogen-bond acceptors (Lipinski definition) is 2. The lowest BCUT2D eigenvalue weighted by molar-refractivity contribution is -0.137. The number of hydrogen-bond donors (Lipinski definition) is 1. The van der Waals surface area contributed by atoms with Gasteiger partial charge in [0, 0.05) is 13.0 Å². The standard InChI is InChI=1S/C14H15F3N2O/c15-14(16,17)9-4-5-11-12(7-9)19-13(18-11)8-10-3-1-2-6-20-10/h4-5,7,10H,1-3,6,8H2,(H,18,19). The highest BCUT2D eigenvalue weighted by Gasteiger charge is 2.30. The zero-order valence-electron chi connectivity index (χ0n) is 10.8. The van der Waals surface area contributed by atoms with Gasteiger partial charge in [0.25, 0.3) is 0 Å². The molecule has 1 aromatic carbocycles. The normalized spacial score (nSPS) is 20.4. The van der Waals surface area contributed by atoms with Crippen LogP contribution in [0, 0.1) is 0 Å². The molecule has 6 heteroatoms. The maximum absolute atomic E-state index is 12.6. The first-order valence-corrected chi connectivity index (χ1v) is 6.70. The molecule has 0 aliphatic carbocycles. The summed E-state index contributed by atoms with van der Waals surface area (Å²) in [6.07, 6.45) is -0.409. The predicted molar refractivity (Wildman–Crippen MR) is 68.4 cm³/mol. The van der Waals surface area contributed by atoms with Gasteiger partial charge in [-0.2, -0.15) is 13.2 Å². The number of alkyl halides is 3. The summed E-state index contributed by atoms with van der Waals surface area (Å²) in [5.74, 6) is 0.686. The maximum Gasteiger partial charge on any atom is 0.416 e. The first-order valence-electron chi connectivity index (χ1n) is 6.70. The summed E-state index contributed by atoms with van der Waals surface area (Å²) in [6, 6.07) is 3.57. The van der Waals surface area contributed by atoms with E-state index in [2.05, 4.69) is 9.97 Å². The third-order valence-corrected chi connectivity index (χ3v) is 3.55. The molecule has 108 valence electrons. The number of rotatable bonds is 2. The minimum Gasteiger partial charge on any atom is -0.378 e. The van der Waals surface area contributed by atoms with E-state index in [4.69, 9.17) is 4.74 Å². The van der Waals surface area contributed by atoms with Crippen molar-refractivity contribution in [1.82, 2.24) is 9.97 Å². The molecule has 1 aliphatic rings. The Kier molecular flexibility index (Phi) is 3.41. The number of ether oxygens (including phenoxy) is 1. The van der Waals surface area contributed by atoms with Gasteiger partial charge in [0.05, 0.1) is 22.7 Å². The van der Waals surface area contributed by atoms with Gasteiger partial charge in [-0.15, -0.1) is 0 Å². The van der Waals surface area contributed by atoms with Crippen LogP contribution in [-0.2, 0) is 17.3 Å². The van der Waals surface area contributed by atoms with Crippen LogP contribution in [0.2, 0.25) is 0 Å². The van der Waals surface area contributed by atoms with Gasteiger partial charge in [-0.1, -0.05) is 0 Å². The fourth-order valence-corrected chi connectivity index (χ4v) is 2.52. The van der Waals surface area contributed by atoms with Crippen molar-refractivity contribution in [3.63, 3.8) is 0 Å². The zero-order chi connectivity index (χ0) is 14.2. The van der Waals surface area contributed by atoms with Gasteiger partial charge in [-0.3, -0.25) is 0 Å². The van der Waals surface area contributed by atoms with Crippen LogP contribution in [-0.4, -0.2) is 22.7 Å². The number of nitrogens with one attached hydrogen (secondary N) is 1. The second-order valence-corrected chi connectivity index (χ2v) is 5.11. The number of nitrogens with zero attached hydrogens (tertiary/aromatic N) is 1. The minimum atomic E-state index is -4.33. The molecule has 2 aromatic rings. The highest BCUT2D eigenvalue weighted by atomic mass is 19.4. The monoisotopic (exact) mass is 284 g/mol. The summed E-state index contributed by atoms with van der Waals surface area (Å²) in [5.41, 5.74) is 0.323. The van der Waals surface area contributed by atoms with Crippen molar-refractivity contribution in [2.75, 3.05) is 6.61 Å². The average Bonchev–Trinajstić information content (AvgIpc) is 2.80. The van der Waals surface area contributed by atoms with Crippen molar-refractivity contribution >= 4 is 11.0 Å². The Labute approximate surface area is 114 Å². The van der Waals surface area contributed by atoms with E-state index in [1.807, 2.05) is 0 Å². The number of benzene rings is 1. The Hall–Kier alpha value is -1.56. The van der Waals surface area contributed by atoms with Crippen molar-refractivity contribution in [3.05, 3.63) is 29.6 Å². The molecular formula is C14H15F3N2O. The molecule has 1 saturated heterocycles. The van der Waals surface area contributed by atoms with E-state index in [0.29, 0.717) is 23.3 Å². The molecule has 0 bridgehead atoms. The lowest BCUT2D eigenvalue weighted by atomic mass is 10.1. The minimum absolute atomic E-state index is 0.117. The van der Waals surface area contributed by atoms with Crippen LogP contribution in [0.5, 0.6) is 0 Å². The quantitative estimate of drug-likeness (QED) is 0.913. The Morgan fingerprint density at radius 1 is 1.30 bits per heavy atom. The number of imidazole rings is 1.